The van der Waals surface area contributed by atoms with E-state index in [0.29, 0.717) is 12.3 Å². The highest BCUT2D eigenvalue weighted by atomic mass is 79.9. The minimum atomic E-state index is -0.874. The van der Waals surface area contributed by atoms with Gasteiger partial charge in [0.1, 0.15) is 5.75 Å². The van der Waals surface area contributed by atoms with Gasteiger partial charge in [-0.3, -0.25) is 4.79 Å². The molecule has 0 saturated carbocycles. The van der Waals surface area contributed by atoms with E-state index in [4.69, 9.17) is 9.47 Å². The summed E-state index contributed by atoms with van der Waals surface area (Å²) >= 11 is 4.92. The Morgan fingerprint density at radius 1 is 1.36 bits per heavy atom. The molecule has 0 spiro atoms. The van der Waals surface area contributed by atoms with Crippen LogP contribution in [0.25, 0.3) is 6.08 Å². The number of nitrogens with one attached hydrogen (secondary N) is 1. The summed E-state index contributed by atoms with van der Waals surface area (Å²) in [5.74, 6) is -0.301. The number of hydrogen-bond donors (Lipinski definition) is 1. The van der Waals surface area contributed by atoms with Crippen molar-refractivity contribution in [1.29, 1.82) is 0 Å². The summed E-state index contributed by atoms with van der Waals surface area (Å²) in [6, 6.07) is 9.29. The Labute approximate surface area is 158 Å². The number of hydrogen-bond acceptors (Lipinski definition) is 5. The first-order chi connectivity index (χ1) is 12.0. The first-order valence-electron chi connectivity index (χ1n) is 7.52. The number of thiophene rings is 1. The first-order valence-corrected chi connectivity index (χ1v) is 9.19. The first kappa shape index (κ1) is 19.2. The summed E-state index contributed by atoms with van der Waals surface area (Å²) in [4.78, 5) is 24.9. The van der Waals surface area contributed by atoms with E-state index in [-0.39, 0.29) is 5.91 Å². The largest absolute Gasteiger partial charge is 0.496 e. The molecule has 0 saturated heterocycles. The highest BCUT2D eigenvalue weighted by molar-refractivity contribution is 9.10. The van der Waals surface area contributed by atoms with E-state index in [1.807, 2.05) is 29.6 Å². The predicted octanol–water partition coefficient (Wildman–Crippen LogP) is 3.78. The van der Waals surface area contributed by atoms with Crippen LogP contribution in [0.3, 0.4) is 0 Å². The van der Waals surface area contributed by atoms with Crippen molar-refractivity contribution in [3.63, 3.8) is 0 Å². The second-order valence-corrected chi connectivity index (χ2v) is 7.04. The predicted molar refractivity (Wildman–Crippen MR) is 101 cm³/mol. The minimum Gasteiger partial charge on any atom is -0.496 e. The summed E-state index contributed by atoms with van der Waals surface area (Å²) in [7, 11) is 1.55. The van der Waals surface area contributed by atoms with Crippen LogP contribution in [0, 0.1) is 0 Å². The lowest BCUT2D eigenvalue weighted by atomic mass is 10.2. The molecule has 25 heavy (non-hydrogen) atoms. The molecule has 0 radical (unpaired) electrons. The Hall–Kier alpha value is -2.12. The molecule has 7 heteroatoms. The molecule has 0 aliphatic carbocycles. The average molecular weight is 424 g/mol. The van der Waals surface area contributed by atoms with Crippen molar-refractivity contribution in [2.75, 3.05) is 7.11 Å². The Morgan fingerprint density at radius 2 is 2.16 bits per heavy atom. The van der Waals surface area contributed by atoms with Crippen LogP contribution in [0.5, 0.6) is 5.75 Å². The van der Waals surface area contributed by atoms with Gasteiger partial charge in [0.05, 0.1) is 13.7 Å². The van der Waals surface area contributed by atoms with Gasteiger partial charge in [-0.25, -0.2) is 4.79 Å². The van der Waals surface area contributed by atoms with Crippen LogP contribution in [-0.4, -0.2) is 25.1 Å². The van der Waals surface area contributed by atoms with Gasteiger partial charge < -0.3 is 14.8 Å². The van der Waals surface area contributed by atoms with Crippen molar-refractivity contribution < 1.29 is 19.1 Å². The Balaban J connectivity index is 1.88. The minimum absolute atomic E-state index is 0.338. The van der Waals surface area contributed by atoms with E-state index in [9.17, 15) is 9.59 Å². The van der Waals surface area contributed by atoms with Crippen LogP contribution in [0.2, 0.25) is 0 Å². The highest BCUT2D eigenvalue weighted by Crippen LogP contribution is 2.24. The van der Waals surface area contributed by atoms with Crippen molar-refractivity contribution in [3.8, 4) is 5.75 Å². The lowest BCUT2D eigenvalue weighted by Gasteiger charge is -2.12. The van der Waals surface area contributed by atoms with Gasteiger partial charge in [0.2, 0.25) is 0 Å². The maximum Gasteiger partial charge on any atom is 0.331 e. The standard InChI is InChI=1S/C18H18BrNO4S/c1-12(18(22)20-11-15-4-3-9-25-15)24-17(21)8-5-13-10-14(19)6-7-16(13)23-2/h3-10,12H,11H2,1-2H3,(H,20,22)/b8-5+. The van der Waals surface area contributed by atoms with Gasteiger partial charge in [-0.2, -0.15) is 0 Å². The summed E-state index contributed by atoms with van der Waals surface area (Å²) in [6.07, 6.45) is 1.98. The molecule has 1 atom stereocenters. The third-order valence-corrected chi connectivity index (χ3v) is 4.64. The van der Waals surface area contributed by atoms with Crippen molar-refractivity contribution in [1.82, 2.24) is 5.32 Å². The fraction of sp³-hybridized carbons (Fsp3) is 0.222. The third kappa shape index (κ3) is 6.03. The fourth-order valence-corrected chi connectivity index (χ4v) is 3.01. The second kappa shape index (κ2) is 9.39. The van der Waals surface area contributed by atoms with Crippen LogP contribution in [-0.2, 0) is 20.9 Å². The van der Waals surface area contributed by atoms with Crippen LogP contribution in [0.15, 0.2) is 46.3 Å². The maximum absolute atomic E-state index is 12.0. The van der Waals surface area contributed by atoms with Crippen LogP contribution in [0.1, 0.15) is 17.4 Å². The van der Waals surface area contributed by atoms with Gasteiger partial charge in [0.15, 0.2) is 6.10 Å². The zero-order valence-electron chi connectivity index (χ0n) is 13.8. The van der Waals surface area contributed by atoms with E-state index in [0.717, 1.165) is 14.9 Å². The molecule has 1 N–H and O–H groups in total. The fourth-order valence-electron chi connectivity index (χ4n) is 1.99. The Morgan fingerprint density at radius 3 is 2.84 bits per heavy atom. The zero-order chi connectivity index (χ0) is 18.2. The second-order valence-electron chi connectivity index (χ2n) is 5.10. The van der Waals surface area contributed by atoms with E-state index >= 15 is 0 Å². The van der Waals surface area contributed by atoms with Crippen molar-refractivity contribution in [3.05, 3.63) is 56.7 Å². The highest BCUT2D eigenvalue weighted by Gasteiger charge is 2.16. The number of carbonyl (C=O) groups is 2. The SMILES string of the molecule is COc1ccc(Br)cc1/C=C/C(=O)OC(C)C(=O)NCc1cccs1. The van der Waals surface area contributed by atoms with Crippen LogP contribution in [0.4, 0.5) is 0 Å². The summed E-state index contributed by atoms with van der Waals surface area (Å²) in [5.41, 5.74) is 0.726. The van der Waals surface area contributed by atoms with Crippen LogP contribution < -0.4 is 10.1 Å². The Kier molecular flexibility index (Phi) is 7.21. The van der Waals surface area contributed by atoms with Gasteiger partial charge in [-0.15, -0.1) is 11.3 Å². The van der Waals surface area contributed by atoms with Gasteiger partial charge in [-0.05, 0) is 42.6 Å². The van der Waals surface area contributed by atoms with E-state index < -0.39 is 12.1 Å². The quantitative estimate of drug-likeness (QED) is 0.543. The normalized spacial score (nSPS) is 12.0. The molecule has 0 bridgehead atoms. The number of amides is 1. The molecule has 2 rings (SSSR count). The number of rotatable bonds is 7. The van der Waals surface area contributed by atoms with Gasteiger partial charge in [-0.1, -0.05) is 22.0 Å². The Bertz CT molecular complexity index is 758. The molecule has 1 aromatic heterocycles. The molecule has 0 aliphatic heterocycles. The number of methoxy groups -OCH3 is 1. The molecule has 5 nitrogen and oxygen atoms in total. The molecule has 1 unspecified atom stereocenters. The number of benzene rings is 1. The molecular formula is C18H18BrNO4S. The average Bonchev–Trinajstić information content (AvgIpc) is 3.11. The molecule has 0 aliphatic rings. The van der Waals surface area contributed by atoms with E-state index in [1.54, 1.807) is 30.6 Å². The summed E-state index contributed by atoms with van der Waals surface area (Å²) < 4.78 is 11.2. The lowest BCUT2D eigenvalue weighted by molar-refractivity contribution is -0.150. The van der Waals surface area contributed by atoms with Gasteiger partial charge in [0.25, 0.3) is 5.91 Å². The van der Waals surface area contributed by atoms with Gasteiger partial charge >= 0.3 is 5.97 Å². The van der Waals surface area contributed by atoms with Gasteiger partial charge in [0, 0.05) is 21.0 Å². The zero-order valence-corrected chi connectivity index (χ0v) is 16.2. The number of esters is 1. The lowest BCUT2D eigenvalue weighted by Crippen LogP contribution is -2.34. The molecule has 0 fully saturated rings. The molecule has 1 amide bonds. The molecular weight excluding hydrogens is 406 g/mol. The summed E-state index contributed by atoms with van der Waals surface area (Å²) in [6.45, 7) is 1.96. The number of carbonyl (C=O) groups excluding carboxylic acids is 2. The molecule has 1 heterocycles. The number of ether oxygens (including phenoxy) is 2. The van der Waals surface area contributed by atoms with Crippen molar-refractivity contribution in [2.24, 2.45) is 0 Å². The van der Waals surface area contributed by atoms with E-state index in [1.165, 1.54) is 13.0 Å². The topological polar surface area (TPSA) is 64.6 Å². The van der Waals surface area contributed by atoms with Crippen molar-refractivity contribution >= 4 is 45.2 Å². The third-order valence-electron chi connectivity index (χ3n) is 3.27. The molecule has 132 valence electrons. The van der Waals surface area contributed by atoms with Crippen LogP contribution >= 0.6 is 27.3 Å². The van der Waals surface area contributed by atoms with E-state index in [2.05, 4.69) is 21.2 Å². The summed E-state index contributed by atoms with van der Waals surface area (Å²) in [5, 5.41) is 4.67. The number of halogens is 1. The maximum atomic E-state index is 12.0. The molecule has 2 aromatic rings. The monoisotopic (exact) mass is 423 g/mol. The smallest absolute Gasteiger partial charge is 0.331 e. The molecule has 1 aromatic carbocycles. The van der Waals surface area contributed by atoms with Crippen molar-refractivity contribution in [2.45, 2.75) is 19.6 Å².